The van der Waals surface area contributed by atoms with Gasteiger partial charge in [-0.2, -0.15) is 5.10 Å². The number of hydrogen-bond donors (Lipinski definition) is 1. The number of pyridine rings is 1. The van der Waals surface area contributed by atoms with Crippen LogP contribution in [0.2, 0.25) is 0 Å². The topological polar surface area (TPSA) is 124 Å². The minimum Gasteiger partial charge on any atom is -0.444 e. The first-order valence-electron chi connectivity index (χ1n) is 18.5. The molecular formula is C40H53N7O5. The summed E-state index contributed by atoms with van der Waals surface area (Å²) in [6.07, 6.45) is 11.0. The van der Waals surface area contributed by atoms with Crippen LogP contribution >= 0.6 is 0 Å². The molecule has 1 atom stereocenters. The predicted molar refractivity (Wildman–Crippen MR) is 201 cm³/mol. The molecule has 0 spiro atoms. The largest absolute Gasteiger partial charge is 0.444 e. The molecule has 3 aromatic heterocycles. The van der Waals surface area contributed by atoms with Gasteiger partial charge in [0.2, 0.25) is 0 Å². The molecule has 0 aliphatic carbocycles. The van der Waals surface area contributed by atoms with Crippen molar-refractivity contribution in [2.24, 2.45) is 5.92 Å². The quantitative estimate of drug-likeness (QED) is 0.194. The zero-order valence-corrected chi connectivity index (χ0v) is 31.6. The molecule has 1 N–H and O–H groups in total. The number of nitrogens with one attached hydrogen (secondary N) is 1. The van der Waals surface area contributed by atoms with E-state index in [0.717, 1.165) is 86.9 Å². The van der Waals surface area contributed by atoms with Crippen LogP contribution in [0.5, 0.6) is 0 Å². The number of amides is 2. The number of piperidine rings is 1. The van der Waals surface area contributed by atoms with Crippen LogP contribution < -0.4 is 5.32 Å². The van der Waals surface area contributed by atoms with Crippen molar-refractivity contribution in [1.82, 2.24) is 29.1 Å². The van der Waals surface area contributed by atoms with Crippen LogP contribution in [-0.2, 0) is 16.0 Å². The molecule has 0 saturated carbocycles. The molecule has 2 fully saturated rings. The van der Waals surface area contributed by atoms with Crippen molar-refractivity contribution < 1.29 is 23.9 Å². The lowest BCUT2D eigenvalue weighted by Crippen LogP contribution is -2.41. The molecular weight excluding hydrogens is 658 g/mol. The molecule has 52 heavy (non-hydrogen) atoms. The van der Waals surface area contributed by atoms with Crippen LogP contribution in [0.15, 0.2) is 55.0 Å². The van der Waals surface area contributed by atoms with Crippen molar-refractivity contribution in [3.05, 3.63) is 66.2 Å². The number of rotatable bonds is 8. The number of likely N-dealkylation sites (tertiary alicyclic amines) is 2. The first-order chi connectivity index (χ1) is 24.6. The lowest BCUT2D eigenvalue weighted by atomic mass is 9.92. The Morgan fingerprint density at radius 3 is 2.21 bits per heavy atom. The third kappa shape index (κ3) is 9.01. The number of carbonyl (C=O) groups excluding carboxylic acids is 3. The summed E-state index contributed by atoms with van der Waals surface area (Å²) >= 11 is 0. The Hall–Kier alpha value is -4.71. The van der Waals surface area contributed by atoms with E-state index in [1.54, 1.807) is 29.0 Å². The molecule has 0 unspecified atom stereocenters. The van der Waals surface area contributed by atoms with E-state index in [-0.39, 0.29) is 18.0 Å². The van der Waals surface area contributed by atoms with E-state index >= 15 is 0 Å². The highest BCUT2D eigenvalue weighted by Crippen LogP contribution is 2.35. The van der Waals surface area contributed by atoms with E-state index < -0.39 is 17.3 Å². The maximum Gasteiger partial charge on any atom is 0.419 e. The monoisotopic (exact) mass is 711 g/mol. The van der Waals surface area contributed by atoms with E-state index in [4.69, 9.17) is 9.47 Å². The van der Waals surface area contributed by atoms with E-state index in [1.165, 1.54) is 0 Å². The summed E-state index contributed by atoms with van der Waals surface area (Å²) in [4.78, 5) is 47.8. The molecule has 278 valence electrons. The number of anilines is 1. The van der Waals surface area contributed by atoms with Gasteiger partial charge in [0.15, 0.2) is 0 Å². The third-order valence-electron chi connectivity index (χ3n) is 9.77. The van der Waals surface area contributed by atoms with Crippen molar-refractivity contribution in [1.29, 1.82) is 0 Å². The average Bonchev–Trinajstić information content (AvgIpc) is 3.82. The summed E-state index contributed by atoms with van der Waals surface area (Å²) in [5, 5.41) is 8.30. The molecule has 2 aliphatic rings. The van der Waals surface area contributed by atoms with Crippen LogP contribution in [0.25, 0.3) is 22.0 Å². The van der Waals surface area contributed by atoms with Gasteiger partial charge in [-0.25, -0.2) is 19.1 Å². The summed E-state index contributed by atoms with van der Waals surface area (Å²) < 4.78 is 14.9. The van der Waals surface area contributed by atoms with Gasteiger partial charge in [0.1, 0.15) is 17.0 Å². The molecule has 2 amide bonds. The first-order valence-corrected chi connectivity index (χ1v) is 18.5. The van der Waals surface area contributed by atoms with E-state index in [2.05, 4.69) is 27.3 Å². The fourth-order valence-corrected chi connectivity index (χ4v) is 7.14. The molecule has 5 heterocycles. The van der Waals surface area contributed by atoms with Gasteiger partial charge in [0, 0.05) is 60.3 Å². The van der Waals surface area contributed by atoms with E-state index in [9.17, 15) is 14.4 Å². The van der Waals surface area contributed by atoms with Gasteiger partial charge in [-0.1, -0.05) is 12.1 Å². The van der Waals surface area contributed by atoms with Crippen LogP contribution in [0, 0.1) is 5.92 Å². The van der Waals surface area contributed by atoms with Crippen LogP contribution in [0.1, 0.15) is 102 Å². The van der Waals surface area contributed by atoms with Gasteiger partial charge in [-0.05, 0) is 123 Å². The highest BCUT2D eigenvalue weighted by atomic mass is 16.6. The number of aryl methyl sites for hydroxylation is 1. The van der Waals surface area contributed by atoms with Crippen molar-refractivity contribution >= 4 is 34.8 Å². The highest BCUT2D eigenvalue weighted by Gasteiger charge is 2.31. The van der Waals surface area contributed by atoms with E-state index in [0.29, 0.717) is 22.8 Å². The molecule has 0 radical (unpaired) electrons. The maximum absolute atomic E-state index is 13.5. The fourth-order valence-electron chi connectivity index (χ4n) is 7.14. The summed E-state index contributed by atoms with van der Waals surface area (Å²) in [6, 6.07) is 11.3. The summed E-state index contributed by atoms with van der Waals surface area (Å²) in [5.41, 5.74) is 2.82. The number of carbonyl (C=O) groups is 3. The molecule has 2 aliphatic heterocycles. The second-order valence-corrected chi connectivity index (χ2v) is 16.2. The Bertz CT molecular complexity index is 1890. The average molecular weight is 712 g/mol. The molecule has 0 bridgehead atoms. The smallest absolute Gasteiger partial charge is 0.419 e. The fraction of sp³-hybridized carbons (Fsp3) is 0.525. The zero-order chi connectivity index (χ0) is 37.2. The van der Waals surface area contributed by atoms with Gasteiger partial charge in [-0.3, -0.25) is 14.4 Å². The van der Waals surface area contributed by atoms with Gasteiger partial charge < -0.3 is 19.7 Å². The minimum absolute atomic E-state index is 0.0885. The SMILES string of the molecule is CN1CCC[C@@H]1c1cc2cnc(NC(=O)c3ccc(-c4cnn(CCCC5CCN(C(=O)OC(C)(C)C)CC5)c4)cc3)cc2n1C(=O)OC(C)(C)C. The Labute approximate surface area is 306 Å². The van der Waals surface area contributed by atoms with Gasteiger partial charge in [0.25, 0.3) is 5.91 Å². The molecule has 4 aromatic rings. The minimum atomic E-state index is -0.660. The number of nitrogens with zero attached hydrogens (tertiary/aromatic N) is 6. The number of hydrogen-bond acceptors (Lipinski definition) is 8. The lowest BCUT2D eigenvalue weighted by molar-refractivity contribution is 0.0179. The number of benzene rings is 1. The Morgan fingerprint density at radius 1 is 0.865 bits per heavy atom. The third-order valence-corrected chi connectivity index (χ3v) is 9.77. The van der Waals surface area contributed by atoms with Crippen molar-refractivity contribution in [3.63, 3.8) is 0 Å². The number of aromatic nitrogens is 4. The second kappa shape index (κ2) is 15.1. The zero-order valence-electron chi connectivity index (χ0n) is 31.6. The molecule has 12 nitrogen and oxygen atoms in total. The standard InChI is InChI=1S/C40H53N7O5/c1-39(2,3)51-37(49)45-20-16-27(17-21-45)10-8-19-46-26-31(25-42-46)28-12-14-29(15-13-28)36(48)43-35-23-33-30(24-41-35)22-34(32-11-9-18-44(32)7)47(33)38(50)52-40(4,5)6/h12-15,22-27,32H,8-11,16-21H2,1-7H3,(H,41,43,48)/t32-/m1/s1. The number of fused-ring (bicyclic) bond motifs is 1. The predicted octanol–water partition coefficient (Wildman–Crippen LogP) is 8.13. The Kier molecular flexibility index (Phi) is 10.8. The summed E-state index contributed by atoms with van der Waals surface area (Å²) in [7, 11) is 2.07. The van der Waals surface area contributed by atoms with Crippen molar-refractivity contribution in [2.45, 2.75) is 104 Å². The molecule has 1 aromatic carbocycles. The Balaban J connectivity index is 1.05. The van der Waals surface area contributed by atoms with Crippen LogP contribution in [0.4, 0.5) is 15.4 Å². The summed E-state index contributed by atoms with van der Waals surface area (Å²) in [5.74, 6) is 0.652. The Morgan fingerprint density at radius 2 is 1.56 bits per heavy atom. The second-order valence-electron chi connectivity index (χ2n) is 16.2. The van der Waals surface area contributed by atoms with Crippen LogP contribution in [0.3, 0.4) is 0 Å². The molecule has 12 heteroatoms. The van der Waals surface area contributed by atoms with Gasteiger partial charge >= 0.3 is 12.2 Å². The van der Waals surface area contributed by atoms with Gasteiger partial charge in [-0.15, -0.1) is 0 Å². The normalized spacial score (nSPS) is 17.4. The number of ether oxygens (including phenoxy) is 2. The van der Waals surface area contributed by atoms with E-state index in [1.807, 2.05) is 81.7 Å². The molecule has 2 saturated heterocycles. The van der Waals surface area contributed by atoms with Crippen molar-refractivity contribution in [2.75, 3.05) is 32.0 Å². The molecule has 6 rings (SSSR count). The lowest BCUT2D eigenvalue weighted by Gasteiger charge is -2.33. The van der Waals surface area contributed by atoms with Crippen molar-refractivity contribution in [3.8, 4) is 11.1 Å². The highest BCUT2D eigenvalue weighted by molar-refractivity contribution is 6.05. The first kappa shape index (κ1) is 37.1. The summed E-state index contributed by atoms with van der Waals surface area (Å²) in [6.45, 7) is 14.5. The van der Waals surface area contributed by atoms with Crippen LogP contribution in [-0.4, -0.2) is 85.1 Å². The van der Waals surface area contributed by atoms with Gasteiger partial charge in [0.05, 0.1) is 17.8 Å². The maximum atomic E-state index is 13.5.